The molecule has 0 N–H and O–H groups in total. The molecule has 2 heterocycles. The van der Waals surface area contributed by atoms with E-state index in [2.05, 4.69) is 26.0 Å². The van der Waals surface area contributed by atoms with E-state index in [0.29, 0.717) is 6.54 Å². The van der Waals surface area contributed by atoms with Crippen LogP contribution in [0.1, 0.15) is 11.3 Å². The summed E-state index contributed by atoms with van der Waals surface area (Å²) >= 11 is 3.44. The molecule has 2 aromatic carbocycles. The molecule has 0 unspecified atom stereocenters. The number of halogens is 1. The van der Waals surface area contributed by atoms with Gasteiger partial charge in [-0.2, -0.15) is 5.10 Å². The number of hydrogen-bond acceptors (Lipinski definition) is 3. The van der Waals surface area contributed by atoms with Crippen LogP contribution in [-0.2, 0) is 11.3 Å². The number of rotatable bonds is 6. The molecule has 30 heavy (non-hydrogen) atoms. The summed E-state index contributed by atoms with van der Waals surface area (Å²) in [5.74, 6) is -0.129. The molecule has 0 atom stereocenters. The number of amides is 1. The molecule has 6 heteroatoms. The Labute approximate surface area is 183 Å². The summed E-state index contributed by atoms with van der Waals surface area (Å²) in [4.78, 5) is 19.1. The Hall–Kier alpha value is -3.51. The zero-order valence-corrected chi connectivity index (χ0v) is 17.7. The third-order valence-electron chi connectivity index (χ3n) is 4.49. The normalized spacial score (nSPS) is 11.0. The second kappa shape index (κ2) is 9.33. The van der Waals surface area contributed by atoms with Gasteiger partial charge < -0.3 is 4.90 Å². The van der Waals surface area contributed by atoms with Gasteiger partial charge in [-0.1, -0.05) is 40.2 Å². The van der Waals surface area contributed by atoms with Crippen LogP contribution in [0.2, 0.25) is 0 Å². The molecule has 4 aromatic rings. The molecular formula is C24H19BrN4O. The third kappa shape index (κ3) is 4.90. The van der Waals surface area contributed by atoms with Gasteiger partial charge in [0.05, 0.1) is 24.1 Å². The van der Waals surface area contributed by atoms with Crippen LogP contribution in [0.25, 0.3) is 11.8 Å². The van der Waals surface area contributed by atoms with Crippen LogP contribution in [0.5, 0.6) is 0 Å². The Balaban J connectivity index is 1.55. The van der Waals surface area contributed by atoms with Crippen molar-refractivity contribution in [3.8, 4) is 5.69 Å². The maximum atomic E-state index is 13.1. The van der Waals surface area contributed by atoms with Crippen molar-refractivity contribution < 1.29 is 4.79 Å². The summed E-state index contributed by atoms with van der Waals surface area (Å²) < 4.78 is 2.74. The van der Waals surface area contributed by atoms with Gasteiger partial charge in [0.25, 0.3) is 5.91 Å². The van der Waals surface area contributed by atoms with Crippen LogP contribution in [0, 0.1) is 0 Å². The summed E-state index contributed by atoms with van der Waals surface area (Å²) in [6.45, 7) is 0.384. The second-order valence-corrected chi connectivity index (χ2v) is 7.52. The largest absolute Gasteiger partial charge is 0.303 e. The summed E-state index contributed by atoms with van der Waals surface area (Å²) in [5, 5.41) is 4.37. The van der Waals surface area contributed by atoms with Crippen molar-refractivity contribution in [2.75, 3.05) is 4.90 Å². The minimum Gasteiger partial charge on any atom is -0.303 e. The predicted octanol–water partition coefficient (Wildman–Crippen LogP) is 5.28. The number of carbonyl (C=O) groups excluding carboxylic acids is 1. The van der Waals surface area contributed by atoms with E-state index in [4.69, 9.17) is 0 Å². The molecule has 0 bridgehead atoms. The molecule has 0 saturated carbocycles. The SMILES string of the molecule is O=C(/C=C/c1cnn(-c2ccccc2)c1)N(Cc1ccccn1)c1ccc(Br)cc1. The lowest BCUT2D eigenvalue weighted by atomic mass is 10.2. The van der Waals surface area contributed by atoms with Gasteiger partial charge in [0, 0.05) is 34.2 Å². The standard InChI is InChI=1S/C24H19BrN4O/c25-20-10-12-22(13-11-20)28(18-21-6-4-5-15-26-21)24(30)14-9-19-16-27-29(17-19)23-7-2-1-3-8-23/h1-17H,18H2/b14-9+. The van der Waals surface area contributed by atoms with E-state index >= 15 is 0 Å². The minimum absolute atomic E-state index is 0.129. The highest BCUT2D eigenvalue weighted by Crippen LogP contribution is 2.21. The van der Waals surface area contributed by atoms with Crippen LogP contribution in [-0.4, -0.2) is 20.7 Å². The number of nitrogens with zero attached hydrogens (tertiary/aromatic N) is 4. The van der Waals surface area contributed by atoms with Gasteiger partial charge in [-0.25, -0.2) is 4.68 Å². The molecule has 0 radical (unpaired) electrons. The van der Waals surface area contributed by atoms with E-state index in [0.717, 1.165) is 27.1 Å². The Morgan fingerprint density at radius 3 is 2.50 bits per heavy atom. The fourth-order valence-electron chi connectivity index (χ4n) is 2.97. The number of aromatic nitrogens is 3. The lowest BCUT2D eigenvalue weighted by Crippen LogP contribution is -2.29. The van der Waals surface area contributed by atoms with Crippen molar-refractivity contribution in [1.82, 2.24) is 14.8 Å². The van der Waals surface area contributed by atoms with Gasteiger partial charge in [0.2, 0.25) is 0 Å². The highest BCUT2D eigenvalue weighted by Gasteiger charge is 2.14. The first-order chi connectivity index (χ1) is 14.7. The molecule has 0 aliphatic carbocycles. The molecule has 1 amide bonds. The number of anilines is 1. The van der Waals surface area contributed by atoms with Crippen molar-refractivity contribution in [2.24, 2.45) is 0 Å². The van der Waals surface area contributed by atoms with E-state index < -0.39 is 0 Å². The van der Waals surface area contributed by atoms with E-state index in [1.807, 2.05) is 79.0 Å². The topological polar surface area (TPSA) is 51.0 Å². The van der Waals surface area contributed by atoms with Gasteiger partial charge in [-0.05, 0) is 54.6 Å². The Morgan fingerprint density at radius 1 is 1.00 bits per heavy atom. The van der Waals surface area contributed by atoms with Gasteiger partial charge in [-0.3, -0.25) is 9.78 Å². The second-order valence-electron chi connectivity index (χ2n) is 6.61. The van der Waals surface area contributed by atoms with Crippen molar-refractivity contribution in [2.45, 2.75) is 6.54 Å². The molecule has 2 aromatic heterocycles. The van der Waals surface area contributed by atoms with Gasteiger partial charge in [0.1, 0.15) is 0 Å². The van der Waals surface area contributed by atoms with Gasteiger partial charge in [0.15, 0.2) is 0 Å². The zero-order chi connectivity index (χ0) is 20.8. The van der Waals surface area contributed by atoms with Crippen LogP contribution >= 0.6 is 15.9 Å². The van der Waals surface area contributed by atoms with E-state index in [-0.39, 0.29) is 5.91 Å². The van der Waals surface area contributed by atoms with Crippen LogP contribution < -0.4 is 4.90 Å². The lowest BCUT2D eigenvalue weighted by molar-refractivity contribution is -0.114. The van der Waals surface area contributed by atoms with Crippen molar-refractivity contribution >= 4 is 33.6 Å². The van der Waals surface area contributed by atoms with E-state index in [1.165, 1.54) is 0 Å². The van der Waals surface area contributed by atoms with Crippen LogP contribution in [0.4, 0.5) is 5.69 Å². The average molecular weight is 459 g/mol. The summed E-state index contributed by atoms with van der Waals surface area (Å²) in [6.07, 6.45) is 8.70. The van der Waals surface area contributed by atoms with Crippen LogP contribution in [0.15, 0.2) is 102 Å². The first kappa shape index (κ1) is 19.8. The molecule has 0 aliphatic heterocycles. The van der Waals surface area contributed by atoms with Gasteiger partial charge in [-0.15, -0.1) is 0 Å². The minimum atomic E-state index is -0.129. The number of hydrogen-bond donors (Lipinski definition) is 0. The van der Waals surface area contributed by atoms with E-state index in [1.54, 1.807) is 34.1 Å². The maximum Gasteiger partial charge on any atom is 0.251 e. The Kier molecular flexibility index (Phi) is 6.15. The maximum absolute atomic E-state index is 13.1. The highest BCUT2D eigenvalue weighted by atomic mass is 79.9. The smallest absolute Gasteiger partial charge is 0.251 e. The number of para-hydroxylation sites is 1. The summed E-state index contributed by atoms with van der Waals surface area (Å²) in [5.41, 5.74) is 3.44. The fourth-order valence-corrected chi connectivity index (χ4v) is 3.24. The number of benzene rings is 2. The van der Waals surface area contributed by atoms with Crippen molar-refractivity contribution in [3.63, 3.8) is 0 Å². The van der Waals surface area contributed by atoms with E-state index in [9.17, 15) is 4.79 Å². The number of pyridine rings is 1. The first-order valence-electron chi connectivity index (χ1n) is 9.44. The van der Waals surface area contributed by atoms with Crippen molar-refractivity contribution in [1.29, 1.82) is 0 Å². The molecule has 0 fully saturated rings. The Morgan fingerprint density at radius 2 is 1.77 bits per heavy atom. The average Bonchev–Trinajstić information content (AvgIpc) is 3.27. The summed E-state index contributed by atoms with van der Waals surface area (Å²) in [6, 6.07) is 23.2. The fraction of sp³-hybridized carbons (Fsp3) is 0.0417. The molecular weight excluding hydrogens is 440 g/mol. The number of carbonyl (C=O) groups is 1. The zero-order valence-electron chi connectivity index (χ0n) is 16.1. The predicted molar refractivity (Wildman–Crippen MR) is 122 cm³/mol. The quantitative estimate of drug-likeness (QED) is 0.369. The first-order valence-corrected chi connectivity index (χ1v) is 10.2. The van der Waals surface area contributed by atoms with Crippen molar-refractivity contribution in [3.05, 3.63) is 113 Å². The molecule has 0 aliphatic rings. The molecule has 5 nitrogen and oxygen atoms in total. The Bertz CT molecular complexity index is 1140. The highest BCUT2D eigenvalue weighted by molar-refractivity contribution is 9.10. The monoisotopic (exact) mass is 458 g/mol. The van der Waals surface area contributed by atoms with Crippen LogP contribution in [0.3, 0.4) is 0 Å². The van der Waals surface area contributed by atoms with Gasteiger partial charge >= 0.3 is 0 Å². The molecule has 148 valence electrons. The summed E-state index contributed by atoms with van der Waals surface area (Å²) in [7, 11) is 0. The third-order valence-corrected chi connectivity index (χ3v) is 5.02. The molecule has 0 spiro atoms. The molecule has 4 rings (SSSR count). The lowest BCUT2D eigenvalue weighted by Gasteiger charge is -2.21. The molecule has 0 saturated heterocycles.